The third-order valence-corrected chi connectivity index (χ3v) is 12.0. The minimum absolute atomic E-state index is 0.0361. The molecule has 3 N–H and O–H groups in total. The summed E-state index contributed by atoms with van der Waals surface area (Å²) < 4.78 is 68.0. The van der Waals surface area contributed by atoms with Crippen LogP contribution in [-0.4, -0.2) is 126 Å². The van der Waals surface area contributed by atoms with Gasteiger partial charge in [-0.3, -0.25) is 0 Å². The number of benzene rings is 2. The van der Waals surface area contributed by atoms with Crippen LogP contribution in [0, 0.1) is 0 Å². The zero-order valence-electron chi connectivity index (χ0n) is 26.0. The van der Waals surface area contributed by atoms with E-state index in [4.69, 9.17) is 9.47 Å². The molecule has 0 radical (unpaired) electrons. The maximum absolute atomic E-state index is 13.6. The number of nitrogens with one attached hydrogen (secondary N) is 2. The fourth-order valence-corrected chi connectivity index (χ4v) is 8.26. The van der Waals surface area contributed by atoms with E-state index in [1.807, 2.05) is 0 Å². The van der Waals surface area contributed by atoms with Crippen molar-refractivity contribution in [3.63, 3.8) is 0 Å². The SMILES string of the molecule is CNS(=O)(=O)c1cccc(OC[C@@H](O)CNC2COC3(CCN(S(=O)(=O)c4cccc(C5C=[N+](C)C(=O)N(C)C5=O)c4)CC3)C2)c1. The molecular weight excluding hydrogens is 638 g/mol. The predicted molar refractivity (Wildman–Crippen MR) is 167 cm³/mol. The summed E-state index contributed by atoms with van der Waals surface area (Å²) in [6.07, 6.45) is 2.32. The van der Waals surface area contributed by atoms with Gasteiger partial charge in [-0.15, -0.1) is 0 Å². The highest BCUT2D eigenvalue weighted by atomic mass is 32.2. The molecule has 2 unspecified atom stereocenters. The van der Waals surface area contributed by atoms with E-state index in [-0.39, 0.29) is 42.1 Å². The standard InChI is InChI=1S/C30H40N5O9S2/c1-31-45(39,40)25-8-5-7-24(15-25)43-20-23(36)17-32-22-16-30(44-19-22)10-12-35(13-11-30)46(41,42)26-9-4-6-21(14-26)27-18-33(2)29(38)34(3)28(27)37/h4-9,14-15,18,22-23,27,31-32,36H,10-13,16-17,19-20H2,1-3H3/q+1/t22?,23-,27?/m0/s1. The number of nitrogens with zero attached hydrogens (tertiary/aromatic N) is 3. The van der Waals surface area contributed by atoms with Crippen LogP contribution in [0.4, 0.5) is 4.79 Å². The summed E-state index contributed by atoms with van der Waals surface area (Å²) in [4.78, 5) is 26.0. The Morgan fingerprint density at radius 3 is 2.50 bits per heavy atom. The maximum atomic E-state index is 13.6. The van der Waals surface area contributed by atoms with E-state index >= 15 is 0 Å². The summed E-state index contributed by atoms with van der Waals surface area (Å²) >= 11 is 0. The predicted octanol–water partition coefficient (Wildman–Crippen LogP) is 0.325. The zero-order chi connectivity index (χ0) is 33.3. The first-order valence-corrected chi connectivity index (χ1v) is 17.9. The Kier molecular flexibility index (Phi) is 9.98. The van der Waals surface area contributed by atoms with Gasteiger partial charge >= 0.3 is 11.9 Å². The van der Waals surface area contributed by atoms with Gasteiger partial charge in [0.05, 0.1) is 42.3 Å². The van der Waals surface area contributed by atoms with Crippen molar-refractivity contribution >= 4 is 38.2 Å². The Morgan fingerprint density at radius 2 is 1.78 bits per heavy atom. The molecule has 5 rings (SSSR count). The van der Waals surface area contributed by atoms with Gasteiger partial charge in [-0.2, -0.15) is 14.0 Å². The molecule has 14 nitrogen and oxygen atoms in total. The first-order valence-electron chi connectivity index (χ1n) is 15.0. The minimum atomic E-state index is -3.84. The summed E-state index contributed by atoms with van der Waals surface area (Å²) in [6.45, 7) is 1.15. The number of hydrogen-bond acceptors (Lipinski definition) is 10. The third kappa shape index (κ3) is 7.17. The smallest absolute Gasteiger partial charge is 0.491 e. The van der Waals surface area contributed by atoms with Gasteiger partial charge in [0, 0.05) is 31.7 Å². The highest BCUT2D eigenvalue weighted by Crippen LogP contribution is 2.37. The van der Waals surface area contributed by atoms with Crippen LogP contribution in [0.25, 0.3) is 0 Å². The number of carbonyl (C=O) groups excluding carboxylic acids is 2. The lowest BCUT2D eigenvalue weighted by molar-refractivity contribution is -0.400. The fraction of sp³-hybridized carbons (Fsp3) is 0.500. The summed E-state index contributed by atoms with van der Waals surface area (Å²) in [6, 6.07) is 11.8. The number of amides is 3. The highest BCUT2D eigenvalue weighted by Gasteiger charge is 2.45. The number of imide groups is 1. The van der Waals surface area contributed by atoms with Crippen molar-refractivity contribution in [2.75, 3.05) is 54.0 Å². The molecule has 46 heavy (non-hydrogen) atoms. The molecule has 2 aromatic carbocycles. The van der Waals surface area contributed by atoms with Crippen molar-refractivity contribution in [2.45, 2.75) is 52.7 Å². The first-order chi connectivity index (χ1) is 21.7. The molecular formula is C30H40N5O9S2+. The quantitative estimate of drug-likeness (QED) is 0.281. The van der Waals surface area contributed by atoms with Crippen molar-refractivity contribution < 1.29 is 45.6 Å². The van der Waals surface area contributed by atoms with Gasteiger partial charge in [-0.1, -0.05) is 18.2 Å². The highest BCUT2D eigenvalue weighted by molar-refractivity contribution is 7.89. The van der Waals surface area contributed by atoms with E-state index in [0.29, 0.717) is 37.2 Å². The van der Waals surface area contributed by atoms with Crippen LogP contribution in [0.2, 0.25) is 0 Å². The van der Waals surface area contributed by atoms with Crippen LogP contribution >= 0.6 is 0 Å². The molecule has 3 aliphatic rings. The lowest BCUT2D eigenvalue weighted by atomic mass is 9.88. The van der Waals surface area contributed by atoms with Gasteiger partial charge in [0.2, 0.25) is 20.0 Å². The number of aliphatic hydroxyl groups is 1. The van der Waals surface area contributed by atoms with Gasteiger partial charge in [0.1, 0.15) is 24.4 Å². The Hall–Kier alpha value is -3.25. The molecule has 3 amide bonds. The lowest BCUT2D eigenvalue weighted by Crippen LogP contribution is -2.47. The number of hydrogen-bond donors (Lipinski definition) is 3. The zero-order valence-corrected chi connectivity index (χ0v) is 27.6. The number of urea groups is 1. The molecule has 0 bridgehead atoms. The molecule has 3 atom stereocenters. The maximum Gasteiger partial charge on any atom is 0.499 e. The second-order valence-electron chi connectivity index (χ2n) is 11.8. The topological polar surface area (TPSA) is 175 Å². The van der Waals surface area contributed by atoms with E-state index in [1.165, 1.54) is 53.5 Å². The normalized spacial score (nSPS) is 23.0. The van der Waals surface area contributed by atoms with Crippen molar-refractivity contribution in [3.8, 4) is 5.75 Å². The van der Waals surface area contributed by atoms with Crippen molar-refractivity contribution in [3.05, 3.63) is 54.1 Å². The summed E-state index contributed by atoms with van der Waals surface area (Å²) in [5.41, 5.74) is 0.0128. The van der Waals surface area contributed by atoms with Gasteiger partial charge in [0.25, 0.3) is 0 Å². The van der Waals surface area contributed by atoms with E-state index in [9.17, 15) is 31.5 Å². The molecule has 3 aliphatic heterocycles. The van der Waals surface area contributed by atoms with E-state index < -0.39 is 49.6 Å². The Balaban J connectivity index is 1.12. The van der Waals surface area contributed by atoms with Gasteiger partial charge in [-0.25, -0.2) is 30.9 Å². The molecule has 3 heterocycles. The van der Waals surface area contributed by atoms with Crippen molar-refractivity contribution in [2.24, 2.45) is 0 Å². The first kappa shape index (κ1) is 34.1. The Bertz CT molecular complexity index is 1720. The van der Waals surface area contributed by atoms with Gasteiger partial charge in [-0.05, 0) is 56.1 Å². The van der Waals surface area contributed by atoms with Crippen LogP contribution in [0.5, 0.6) is 5.75 Å². The average molecular weight is 679 g/mol. The van der Waals surface area contributed by atoms with Crippen LogP contribution in [0.1, 0.15) is 30.7 Å². The monoisotopic (exact) mass is 678 g/mol. The molecule has 250 valence electrons. The lowest BCUT2D eigenvalue weighted by Gasteiger charge is -2.38. The molecule has 2 saturated heterocycles. The van der Waals surface area contributed by atoms with E-state index in [2.05, 4.69) is 10.0 Å². The van der Waals surface area contributed by atoms with Crippen LogP contribution in [-0.2, 0) is 29.6 Å². The molecule has 1 spiro atoms. The van der Waals surface area contributed by atoms with Crippen LogP contribution < -0.4 is 14.8 Å². The van der Waals surface area contributed by atoms with Crippen LogP contribution in [0.3, 0.4) is 0 Å². The summed E-state index contributed by atoms with van der Waals surface area (Å²) in [5, 5.41) is 13.8. The molecule has 16 heteroatoms. The number of sulfonamides is 2. The second-order valence-corrected chi connectivity index (χ2v) is 15.7. The molecule has 2 fully saturated rings. The molecule has 0 saturated carbocycles. The van der Waals surface area contributed by atoms with E-state index in [0.717, 1.165) is 4.90 Å². The number of ether oxygens (including phenoxy) is 2. The third-order valence-electron chi connectivity index (χ3n) is 8.72. The molecule has 2 aromatic rings. The van der Waals surface area contributed by atoms with Crippen molar-refractivity contribution in [1.82, 2.24) is 19.2 Å². The minimum Gasteiger partial charge on any atom is -0.491 e. The number of likely N-dealkylation sites (N-methyl/N-ethyl adjacent to an activating group) is 1. The summed E-state index contributed by atoms with van der Waals surface area (Å²) in [5.74, 6) is -0.876. The van der Waals surface area contributed by atoms with Crippen molar-refractivity contribution in [1.29, 1.82) is 0 Å². The number of aliphatic hydroxyl groups excluding tert-OH is 1. The fourth-order valence-electron chi connectivity index (χ4n) is 6.00. The Morgan fingerprint density at radius 1 is 1.09 bits per heavy atom. The molecule has 0 aromatic heterocycles. The summed E-state index contributed by atoms with van der Waals surface area (Å²) in [7, 11) is -3.18. The molecule has 0 aliphatic carbocycles. The van der Waals surface area contributed by atoms with Crippen LogP contribution in [0.15, 0.2) is 58.3 Å². The number of rotatable bonds is 11. The number of carbonyl (C=O) groups is 2. The number of piperidine rings is 1. The van der Waals surface area contributed by atoms with E-state index in [1.54, 1.807) is 31.3 Å². The Labute approximate surface area is 269 Å². The van der Waals surface area contributed by atoms with Gasteiger partial charge < -0.3 is 19.9 Å². The van der Waals surface area contributed by atoms with Gasteiger partial charge in [0.15, 0.2) is 0 Å². The largest absolute Gasteiger partial charge is 0.499 e. The average Bonchev–Trinajstić information content (AvgIpc) is 3.45. The second kappa shape index (κ2) is 13.5.